The van der Waals surface area contributed by atoms with E-state index in [1.807, 2.05) is 50.2 Å². The van der Waals surface area contributed by atoms with Gasteiger partial charge in [-0.2, -0.15) is 0 Å². The number of carbonyl (C=O) groups excluding carboxylic acids is 4. The standard InChI is InChI=1S/C36H33BrN2O5/c1-4-22-16-25(37)17-28-30(36(43)44-19-32(40)24-8-5-20(2)6-9-24)18-31(38-33(22)28)23-10-12-26(13-11-23)39-34(41)27-14-7-21(3)15-29(27)35(39)42/h5-6,8-13,16-18,21,27,29H,4,7,14-15,19H2,1-3H3. The number of fused-ring (bicyclic) bond motifs is 2. The van der Waals surface area contributed by atoms with Crippen molar-refractivity contribution in [3.8, 4) is 11.3 Å². The van der Waals surface area contributed by atoms with Gasteiger partial charge in [-0.15, -0.1) is 0 Å². The van der Waals surface area contributed by atoms with E-state index < -0.39 is 5.97 Å². The van der Waals surface area contributed by atoms with Crippen LogP contribution in [0.4, 0.5) is 5.69 Å². The normalized spacial score (nSPS) is 19.7. The highest BCUT2D eigenvalue weighted by molar-refractivity contribution is 9.10. The molecule has 0 spiro atoms. The number of carbonyl (C=O) groups is 4. The fourth-order valence-electron chi connectivity index (χ4n) is 6.40. The van der Waals surface area contributed by atoms with E-state index in [1.165, 1.54) is 4.90 Å². The molecule has 0 radical (unpaired) electrons. The summed E-state index contributed by atoms with van der Waals surface area (Å²) in [5.41, 5.74) is 5.22. The number of anilines is 1. The van der Waals surface area contributed by atoms with Crippen molar-refractivity contribution in [1.29, 1.82) is 0 Å². The van der Waals surface area contributed by atoms with Gasteiger partial charge in [0.2, 0.25) is 11.8 Å². The first-order valence-electron chi connectivity index (χ1n) is 15.0. The highest BCUT2D eigenvalue weighted by Crippen LogP contribution is 2.42. The second-order valence-corrected chi connectivity index (χ2v) is 12.8. The molecule has 0 N–H and O–H groups in total. The van der Waals surface area contributed by atoms with Crippen molar-refractivity contribution in [2.45, 2.75) is 46.5 Å². The number of hydrogen-bond donors (Lipinski definition) is 0. The summed E-state index contributed by atoms with van der Waals surface area (Å²) in [6, 6.07) is 19.8. The van der Waals surface area contributed by atoms with E-state index in [1.54, 1.807) is 30.3 Å². The molecule has 3 unspecified atom stereocenters. The third-order valence-corrected chi connectivity index (χ3v) is 9.33. The number of esters is 1. The van der Waals surface area contributed by atoms with Crippen LogP contribution in [0.25, 0.3) is 22.2 Å². The summed E-state index contributed by atoms with van der Waals surface area (Å²) in [6.45, 7) is 5.71. The Kier molecular flexibility index (Phi) is 8.20. The zero-order valence-corrected chi connectivity index (χ0v) is 26.5. The van der Waals surface area contributed by atoms with Gasteiger partial charge >= 0.3 is 5.97 Å². The largest absolute Gasteiger partial charge is 0.454 e. The van der Waals surface area contributed by atoms with E-state index in [-0.39, 0.29) is 36.0 Å². The first-order chi connectivity index (χ1) is 21.1. The number of benzene rings is 3. The number of amides is 2. The molecule has 1 aromatic heterocycles. The van der Waals surface area contributed by atoms with Gasteiger partial charge < -0.3 is 4.74 Å². The lowest BCUT2D eigenvalue weighted by Crippen LogP contribution is -2.30. The van der Waals surface area contributed by atoms with E-state index in [0.29, 0.717) is 45.7 Å². The molecule has 1 saturated heterocycles. The van der Waals surface area contributed by atoms with Crippen LogP contribution in [0.2, 0.25) is 0 Å². The molecule has 44 heavy (non-hydrogen) atoms. The van der Waals surface area contributed by atoms with E-state index in [4.69, 9.17) is 9.72 Å². The smallest absolute Gasteiger partial charge is 0.339 e. The number of aromatic nitrogens is 1. The molecule has 224 valence electrons. The van der Waals surface area contributed by atoms with Gasteiger partial charge in [-0.1, -0.05) is 71.7 Å². The zero-order valence-electron chi connectivity index (χ0n) is 24.9. The Morgan fingerprint density at radius 1 is 0.955 bits per heavy atom. The Balaban J connectivity index is 1.32. The van der Waals surface area contributed by atoms with Crippen molar-refractivity contribution in [2.24, 2.45) is 17.8 Å². The Bertz CT molecular complexity index is 1800. The Morgan fingerprint density at radius 2 is 1.66 bits per heavy atom. The van der Waals surface area contributed by atoms with Crippen LogP contribution >= 0.6 is 15.9 Å². The fourth-order valence-corrected chi connectivity index (χ4v) is 6.91. The molecular formula is C36H33BrN2O5. The number of aryl methyl sites for hydroxylation is 2. The molecule has 3 aromatic carbocycles. The van der Waals surface area contributed by atoms with Crippen LogP contribution in [0.3, 0.4) is 0 Å². The van der Waals surface area contributed by atoms with E-state index >= 15 is 0 Å². The van der Waals surface area contributed by atoms with Crippen LogP contribution in [0.5, 0.6) is 0 Å². The van der Waals surface area contributed by atoms with E-state index in [9.17, 15) is 19.2 Å². The number of ketones is 1. The van der Waals surface area contributed by atoms with E-state index in [2.05, 4.69) is 22.9 Å². The molecule has 2 aliphatic rings. The van der Waals surface area contributed by atoms with Crippen LogP contribution < -0.4 is 4.90 Å². The number of nitrogens with zero attached hydrogens (tertiary/aromatic N) is 2. The zero-order chi connectivity index (χ0) is 31.1. The number of hydrogen-bond acceptors (Lipinski definition) is 6. The summed E-state index contributed by atoms with van der Waals surface area (Å²) < 4.78 is 6.34. The lowest BCUT2D eigenvalue weighted by molar-refractivity contribution is -0.122. The summed E-state index contributed by atoms with van der Waals surface area (Å²) in [5, 5.41) is 0.620. The number of imide groups is 1. The maximum Gasteiger partial charge on any atom is 0.339 e. The monoisotopic (exact) mass is 652 g/mol. The third-order valence-electron chi connectivity index (χ3n) is 8.87. The Morgan fingerprint density at radius 3 is 2.36 bits per heavy atom. The lowest BCUT2D eigenvalue weighted by Gasteiger charge is -2.25. The average molecular weight is 654 g/mol. The molecule has 2 fully saturated rings. The van der Waals surface area contributed by atoms with Gasteiger partial charge in [0.1, 0.15) is 0 Å². The number of pyridine rings is 1. The van der Waals surface area contributed by atoms with Crippen molar-refractivity contribution < 1.29 is 23.9 Å². The quantitative estimate of drug-likeness (QED) is 0.117. The van der Waals surface area contributed by atoms with E-state index in [0.717, 1.165) is 40.4 Å². The number of ether oxygens (including phenoxy) is 1. The number of Topliss-reactive ketones (excluding diaryl/α,β-unsaturated/α-hetero) is 1. The summed E-state index contributed by atoms with van der Waals surface area (Å²) in [4.78, 5) is 58.9. The van der Waals surface area contributed by atoms with Gasteiger partial charge in [0.15, 0.2) is 12.4 Å². The summed E-state index contributed by atoms with van der Waals surface area (Å²) in [7, 11) is 0. The second-order valence-electron chi connectivity index (χ2n) is 11.9. The summed E-state index contributed by atoms with van der Waals surface area (Å²) in [6.07, 6.45) is 3.14. The maximum absolute atomic E-state index is 13.5. The molecule has 7 nitrogen and oxygen atoms in total. The molecule has 2 heterocycles. The van der Waals surface area contributed by atoms with Gasteiger partial charge in [-0.3, -0.25) is 19.3 Å². The van der Waals surface area contributed by atoms with Gasteiger partial charge in [-0.25, -0.2) is 9.78 Å². The highest BCUT2D eigenvalue weighted by Gasteiger charge is 2.49. The average Bonchev–Trinajstić information content (AvgIpc) is 3.27. The van der Waals surface area contributed by atoms with Crippen molar-refractivity contribution >= 4 is 56.1 Å². The minimum atomic E-state index is -0.624. The second kappa shape index (κ2) is 12.1. The highest BCUT2D eigenvalue weighted by atomic mass is 79.9. The molecule has 1 saturated carbocycles. The first-order valence-corrected chi connectivity index (χ1v) is 15.8. The van der Waals surface area contributed by atoms with Crippen LogP contribution in [0, 0.1) is 24.7 Å². The molecule has 3 atom stereocenters. The minimum absolute atomic E-state index is 0.119. The van der Waals surface area contributed by atoms with Crippen LogP contribution in [-0.4, -0.2) is 35.2 Å². The predicted molar refractivity (Wildman–Crippen MR) is 173 cm³/mol. The number of rotatable bonds is 7. The van der Waals surface area contributed by atoms with Crippen LogP contribution in [-0.2, 0) is 20.7 Å². The predicted octanol–water partition coefficient (Wildman–Crippen LogP) is 7.50. The molecule has 8 heteroatoms. The molecular weight excluding hydrogens is 620 g/mol. The molecule has 4 aromatic rings. The SMILES string of the molecule is CCc1cc(Br)cc2c(C(=O)OCC(=O)c3ccc(C)cc3)cc(-c3ccc(N4C(=O)C5CCC(C)CC5C4=O)cc3)nc12. The van der Waals surface area contributed by atoms with Gasteiger partial charge in [-0.05, 0) is 74.4 Å². The lowest BCUT2D eigenvalue weighted by atomic mass is 9.76. The third kappa shape index (κ3) is 5.59. The summed E-state index contributed by atoms with van der Waals surface area (Å²) in [5.74, 6) is -1.20. The van der Waals surface area contributed by atoms with Crippen LogP contribution in [0.15, 0.2) is 71.2 Å². The summed E-state index contributed by atoms with van der Waals surface area (Å²) >= 11 is 3.55. The molecule has 2 amide bonds. The molecule has 1 aliphatic carbocycles. The fraction of sp³-hybridized carbons (Fsp3) is 0.306. The van der Waals surface area contributed by atoms with Gasteiger partial charge in [0.05, 0.1) is 34.3 Å². The maximum atomic E-state index is 13.5. The van der Waals surface area contributed by atoms with Gasteiger partial charge in [0, 0.05) is 21.0 Å². The molecule has 6 rings (SSSR count). The Labute approximate surface area is 264 Å². The molecule has 0 bridgehead atoms. The molecule has 1 aliphatic heterocycles. The van der Waals surface area contributed by atoms with Crippen molar-refractivity contribution in [1.82, 2.24) is 4.98 Å². The number of halogens is 1. The van der Waals surface area contributed by atoms with Crippen molar-refractivity contribution in [3.05, 3.63) is 93.5 Å². The Hall–Kier alpha value is -4.17. The first kappa shape index (κ1) is 29.9. The van der Waals surface area contributed by atoms with Crippen molar-refractivity contribution in [2.75, 3.05) is 11.5 Å². The topological polar surface area (TPSA) is 93.6 Å². The van der Waals surface area contributed by atoms with Crippen molar-refractivity contribution in [3.63, 3.8) is 0 Å². The van der Waals surface area contributed by atoms with Crippen LogP contribution in [0.1, 0.15) is 65.0 Å². The minimum Gasteiger partial charge on any atom is -0.454 e. The van der Waals surface area contributed by atoms with Gasteiger partial charge in [0.25, 0.3) is 0 Å².